The quantitative estimate of drug-likeness (QED) is 0.178. The second-order valence-electron chi connectivity index (χ2n) is 25.1. The van der Waals surface area contributed by atoms with Gasteiger partial charge in [0.15, 0.2) is 0 Å². The molecule has 65 heavy (non-hydrogen) atoms. The summed E-state index contributed by atoms with van der Waals surface area (Å²) in [4.78, 5) is 0. The maximum absolute atomic E-state index is 11.8. The number of furan rings is 1. The first-order valence-corrected chi connectivity index (χ1v) is 24.4. The average molecular weight is 853 g/mol. The van der Waals surface area contributed by atoms with Crippen molar-refractivity contribution in [3.63, 3.8) is 0 Å². The summed E-state index contributed by atoms with van der Waals surface area (Å²) < 4.78 is 10.0. The van der Waals surface area contributed by atoms with E-state index in [0.29, 0.717) is 0 Å². The summed E-state index contributed by atoms with van der Waals surface area (Å²) in [6.07, 6.45) is 6.71. The lowest BCUT2D eigenvalue weighted by atomic mass is 9.52. The number of fused-ring (bicyclic) bond motifs is 16. The van der Waals surface area contributed by atoms with E-state index < -0.39 is 0 Å². The van der Waals surface area contributed by atoms with Gasteiger partial charge in [0, 0.05) is 43.3 Å². The Morgan fingerprint density at radius 3 is 1.92 bits per heavy atom. The summed E-state index contributed by atoms with van der Waals surface area (Å²) in [5.41, 5.74) is 20.7. The molecule has 3 heterocycles. The fourth-order valence-electron chi connectivity index (χ4n) is 14.5. The molecule has 3 heteroatoms. The van der Waals surface area contributed by atoms with Crippen molar-refractivity contribution in [2.45, 2.75) is 150 Å². The SMILES string of the molecule is Cc1cccc(C)c1-c1c2oc3ccccc3c2c2c3c4c(c(C#N)cc3n3c5ccc6c(c5c1c23)C1(C)CCC6(C)CC1)C(CC(C)(C)C)(CC(C)(C)C)c1cc(C(C)(C)C)ccc1-4. The zero-order valence-electron chi connectivity index (χ0n) is 41.1. The Morgan fingerprint density at radius 2 is 1.28 bits per heavy atom. The van der Waals surface area contributed by atoms with Crippen LogP contribution in [-0.2, 0) is 21.7 Å². The van der Waals surface area contributed by atoms with Gasteiger partial charge in [-0.15, -0.1) is 0 Å². The third-order valence-corrected chi connectivity index (χ3v) is 16.9. The fourth-order valence-corrected chi connectivity index (χ4v) is 14.5. The molecule has 1 fully saturated rings. The lowest BCUT2D eigenvalue weighted by Crippen LogP contribution is -2.44. The molecule has 0 saturated heterocycles. The van der Waals surface area contributed by atoms with Gasteiger partial charge < -0.3 is 8.82 Å². The summed E-state index contributed by atoms with van der Waals surface area (Å²) in [5, 5.41) is 19.3. The summed E-state index contributed by atoms with van der Waals surface area (Å²) in [6, 6.07) is 33.1. The number of hydrogen-bond donors (Lipinski definition) is 0. The van der Waals surface area contributed by atoms with E-state index in [1.54, 1.807) is 5.56 Å². The molecular formula is C62H64N2O. The van der Waals surface area contributed by atoms with Crippen LogP contribution in [0.3, 0.4) is 0 Å². The van der Waals surface area contributed by atoms with Crippen LogP contribution < -0.4 is 0 Å². The highest BCUT2D eigenvalue weighted by molar-refractivity contribution is 6.41. The van der Waals surface area contributed by atoms with Crippen molar-refractivity contribution in [3.05, 3.63) is 123 Å². The minimum Gasteiger partial charge on any atom is -0.455 e. The van der Waals surface area contributed by atoms with Crippen LogP contribution in [0.15, 0.2) is 83.3 Å². The van der Waals surface area contributed by atoms with Crippen LogP contribution in [-0.4, -0.2) is 4.40 Å². The van der Waals surface area contributed by atoms with Crippen molar-refractivity contribution in [1.82, 2.24) is 4.40 Å². The topological polar surface area (TPSA) is 41.3 Å². The van der Waals surface area contributed by atoms with Gasteiger partial charge in [0.25, 0.3) is 0 Å². The Labute approximate surface area is 385 Å². The van der Waals surface area contributed by atoms with E-state index in [0.717, 1.165) is 40.5 Å². The first-order chi connectivity index (χ1) is 30.6. The first-order valence-electron chi connectivity index (χ1n) is 24.4. The monoisotopic (exact) mass is 853 g/mol. The number of aromatic nitrogens is 1. The molecule has 13 rings (SSSR count). The fraction of sp³-hybridized carbons (Fsp3) is 0.403. The van der Waals surface area contributed by atoms with Gasteiger partial charge in [0.1, 0.15) is 11.2 Å². The third-order valence-electron chi connectivity index (χ3n) is 16.9. The molecule has 0 radical (unpaired) electrons. The van der Waals surface area contributed by atoms with Crippen molar-refractivity contribution in [2.24, 2.45) is 10.8 Å². The molecule has 0 amide bonds. The molecule has 0 atom stereocenters. The van der Waals surface area contributed by atoms with Crippen LogP contribution >= 0.6 is 0 Å². The zero-order valence-corrected chi connectivity index (χ0v) is 41.1. The Morgan fingerprint density at radius 1 is 0.615 bits per heavy atom. The van der Waals surface area contributed by atoms with E-state index in [-0.39, 0.29) is 32.5 Å². The molecule has 1 saturated carbocycles. The largest absolute Gasteiger partial charge is 0.455 e. The lowest BCUT2D eigenvalue weighted by molar-refractivity contribution is 0.190. The van der Waals surface area contributed by atoms with Crippen molar-refractivity contribution < 1.29 is 4.42 Å². The standard InChI is InChI=1S/C62H64N2O/c1-34-17-16-18-35(2)45(34)52-51-49-42(24-23-40-54(49)61(13)27-25-60(40,12)26-28-61)64-43-29-36(31-63)53-46(48(43)50(55(51)64)47-39-19-14-15-20-44(39)65-56(47)52)38-22-21-37(59(9,10)11)30-41(38)62(53,32-57(3,4)5)33-58(6,7)8/h14-24,29-30H,25-28,32-33H2,1-13H3. The van der Waals surface area contributed by atoms with Crippen LogP contribution in [0.1, 0.15) is 159 Å². The van der Waals surface area contributed by atoms with Crippen molar-refractivity contribution in [2.75, 3.05) is 0 Å². The van der Waals surface area contributed by atoms with E-state index in [2.05, 4.69) is 179 Å². The zero-order chi connectivity index (χ0) is 45.7. The van der Waals surface area contributed by atoms with Crippen LogP contribution in [0.5, 0.6) is 0 Å². The normalized spacial score (nSPS) is 20.5. The molecule has 0 N–H and O–H groups in total. The number of hydrogen-bond acceptors (Lipinski definition) is 2. The smallest absolute Gasteiger partial charge is 0.144 e. The van der Waals surface area contributed by atoms with Crippen molar-refractivity contribution in [1.29, 1.82) is 5.26 Å². The molecular weight excluding hydrogens is 789 g/mol. The Hall–Kier alpha value is -5.59. The summed E-state index contributed by atoms with van der Waals surface area (Å²) in [6.45, 7) is 31.0. The predicted molar refractivity (Wildman–Crippen MR) is 274 cm³/mol. The van der Waals surface area contributed by atoms with Gasteiger partial charge in [-0.1, -0.05) is 137 Å². The molecule has 0 spiro atoms. The minimum absolute atomic E-state index is 0.0192. The highest BCUT2D eigenvalue weighted by atomic mass is 16.3. The highest BCUT2D eigenvalue weighted by Crippen LogP contribution is 2.65. The van der Waals surface area contributed by atoms with Gasteiger partial charge in [-0.3, -0.25) is 0 Å². The third kappa shape index (κ3) is 5.29. The number of benzene rings is 6. The van der Waals surface area contributed by atoms with Gasteiger partial charge in [-0.25, -0.2) is 0 Å². The van der Waals surface area contributed by atoms with E-state index in [9.17, 15) is 5.26 Å². The highest BCUT2D eigenvalue weighted by Gasteiger charge is 2.52. The van der Waals surface area contributed by atoms with Crippen LogP contribution in [0.4, 0.5) is 0 Å². The van der Waals surface area contributed by atoms with Gasteiger partial charge in [0.05, 0.1) is 28.2 Å². The number of para-hydroxylation sites is 1. The first kappa shape index (κ1) is 40.9. The summed E-state index contributed by atoms with van der Waals surface area (Å²) in [7, 11) is 0. The molecule has 4 aliphatic rings. The number of rotatable bonds is 3. The van der Waals surface area contributed by atoms with Crippen LogP contribution in [0.25, 0.3) is 82.3 Å². The Balaban J connectivity index is 1.41. The number of nitriles is 1. The molecule has 3 nitrogen and oxygen atoms in total. The second-order valence-corrected chi connectivity index (χ2v) is 25.1. The second kappa shape index (κ2) is 12.6. The molecule has 9 aromatic rings. The summed E-state index contributed by atoms with van der Waals surface area (Å²) >= 11 is 0. The molecule has 3 aromatic heterocycles. The van der Waals surface area contributed by atoms with Crippen molar-refractivity contribution >= 4 is 60.0 Å². The van der Waals surface area contributed by atoms with Crippen LogP contribution in [0.2, 0.25) is 0 Å². The Kier molecular flexibility index (Phi) is 7.95. The molecule has 0 aliphatic heterocycles. The van der Waals surface area contributed by atoms with E-state index >= 15 is 0 Å². The lowest BCUT2D eigenvalue weighted by Gasteiger charge is -2.52. The molecule has 0 unspecified atom stereocenters. The number of aryl methyl sites for hydroxylation is 2. The van der Waals surface area contributed by atoms with E-state index in [1.807, 2.05) is 0 Å². The van der Waals surface area contributed by atoms with E-state index in [4.69, 9.17) is 4.42 Å². The molecule has 328 valence electrons. The van der Waals surface area contributed by atoms with Gasteiger partial charge in [-0.05, 0) is 153 Å². The van der Waals surface area contributed by atoms with Crippen LogP contribution in [0, 0.1) is 36.0 Å². The minimum atomic E-state index is -0.390. The van der Waals surface area contributed by atoms with Gasteiger partial charge >= 0.3 is 0 Å². The predicted octanol–water partition coefficient (Wildman–Crippen LogP) is 17.4. The van der Waals surface area contributed by atoms with Gasteiger partial charge in [0.2, 0.25) is 0 Å². The van der Waals surface area contributed by atoms with Crippen molar-refractivity contribution in [3.8, 4) is 28.3 Å². The molecule has 6 aromatic carbocycles. The van der Waals surface area contributed by atoms with E-state index in [1.165, 1.54) is 119 Å². The maximum atomic E-state index is 11.8. The average Bonchev–Trinajstić information content (AvgIpc) is 3.94. The van der Waals surface area contributed by atoms with Gasteiger partial charge in [-0.2, -0.15) is 5.26 Å². The maximum Gasteiger partial charge on any atom is 0.144 e. The summed E-state index contributed by atoms with van der Waals surface area (Å²) in [5.74, 6) is 0. The molecule has 2 bridgehead atoms. The number of nitrogens with zero attached hydrogens (tertiary/aromatic N) is 2. The Bertz CT molecular complexity index is 3570. The molecule has 4 aliphatic carbocycles.